The zero-order valence-corrected chi connectivity index (χ0v) is 11.4. The van der Waals surface area contributed by atoms with E-state index < -0.39 is 0 Å². The molecule has 1 N–H and O–H groups in total. The largest absolute Gasteiger partial charge is 0.308 e. The van der Waals surface area contributed by atoms with Crippen LogP contribution in [0.15, 0.2) is 6.07 Å². The molecule has 1 aliphatic rings. The van der Waals surface area contributed by atoms with Gasteiger partial charge in [0.1, 0.15) is 5.82 Å². The molecule has 3 heteroatoms. The molecule has 2 rings (SSSR count). The summed E-state index contributed by atoms with van der Waals surface area (Å²) in [7, 11) is 1.96. The van der Waals surface area contributed by atoms with Gasteiger partial charge in [0, 0.05) is 17.3 Å². The lowest BCUT2D eigenvalue weighted by atomic mass is 10.0. The monoisotopic (exact) mass is 233 g/mol. The SMILES string of the molecule is CNC(C)(C)c1nc(C)cc(C2CCCC2)n1. The Labute approximate surface area is 104 Å². The minimum atomic E-state index is -0.153. The third kappa shape index (κ3) is 2.65. The van der Waals surface area contributed by atoms with Gasteiger partial charge in [-0.15, -0.1) is 0 Å². The first-order chi connectivity index (χ1) is 8.03. The summed E-state index contributed by atoms with van der Waals surface area (Å²) in [6.45, 7) is 6.32. The molecule has 1 aliphatic carbocycles. The van der Waals surface area contributed by atoms with Crippen LogP contribution in [0.4, 0.5) is 0 Å². The van der Waals surface area contributed by atoms with Gasteiger partial charge < -0.3 is 5.32 Å². The minimum Gasteiger partial charge on any atom is -0.308 e. The van der Waals surface area contributed by atoms with Gasteiger partial charge in [-0.05, 0) is 46.7 Å². The van der Waals surface area contributed by atoms with E-state index in [1.54, 1.807) is 0 Å². The van der Waals surface area contributed by atoms with Crippen LogP contribution in [0.5, 0.6) is 0 Å². The van der Waals surface area contributed by atoms with Crippen molar-refractivity contribution in [3.63, 3.8) is 0 Å². The van der Waals surface area contributed by atoms with Crippen LogP contribution in [-0.4, -0.2) is 17.0 Å². The second kappa shape index (κ2) is 4.73. The molecule has 17 heavy (non-hydrogen) atoms. The number of hydrogen-bond acceptors (Lipinski definition) is 3. The van der Waals surface area contributed by atoms with Gasteiger partial charge in [-0.25, -0.2) is 9.97 Å². The molecule has 0 amide bonds. The zero-order chi connectivity index (χ0) is 12.5. The quantitative estimate of drug-likeness (QED) is 0.872. The van der Waals surface area contributed by atoms with Crippen LogP contribution in [-0.2, 0) is 5.54 Å². The van der Waals surface area contributed by atoms with Gasteiger partial charge in [0.25, 0.3) is 0 Å². The Morgan fingerprint density at radius 2 is 1.88 bits per heavy atom. The van der Waals surface area contributed by atoms with Gasteiger partial charge in [-0.3, -0.25) is 0 Å². The zero-order valence-electron chi connectivity index (χ0n) is 11.4. The fourth-order valence-corrected chi connectivity index (χ4v) is 2.41. The van der Waals surface area contributed by atoms with Gasteiger partial charge in [0.2, 0.25) is 0 Å². The Morgan fingerprint density at radius 3 is 2.47 bits per heavy atom. The van der Waals surface area contributed by atoms with Crippen LogP contribution in [0.3, 0.4) is 0 Å². The summed E-state index contributed by atoms with van der Waals surface area (Å²) in [4.78, 5) is 9.36. The van der Waals surface area contributed by atoms with E-state index in [4.69, 9.17) is 4.98 Å². The van der Waals surface area contributed by atoms with Gasteiger partial charge >= 0.3 is 0 Å². The maximum Gasteiger partial charge on any atom is 0.148 e. The second-order valence-electron chi connectivity index (χ2n) is 5.61. The van der Waals surface area contributed by atoms with Gasteiger partial charge in [0.15, 0.2) is 0 Å². The Kier molecular flexibility index (Phi) is 3.48. The first-order valence-electron chi connectivity index (χ1n) is 6.58. The van der Waals surface area contributed by atoms with Crippen molar-refractivity contribution in [2.45, 2.75) is 57.9 Å². The van der Waals surface area contributed by atoms with Crippen molar-refractivity contribution in [3.05, 3.63) is 23.3 Å². The highest BCUT2D eigenvalue weighted by Crippen LogP contribution is 2.33. The third-order valence-corrected chi connectivity index (χ3v) is 3.83. The highest BCUT2D eigenvalue weighted by molar-refractivity contribution is 5.18. The Hall–Kier alpha value is -0.960. The molecule has 1 heterocycles. The molecule has 1 aromatic rings. The van der Waals surface area contributed by atoms with Crippen LogP contribution >= 0.6 is 0 Å². The van der Waals surface area contributed by atoms with E-state index in [1.807, 2.05) is 7.05 Å². The lowest BCUT2D eigenvalue weighted by Gasteiger charge is -2.24. The standard InChI is InChI=1S/C14H23N3/c1-10-9-12(11-7-5-6-8-11)17-13(16-10)14(2,3)15-4/h9,11,15H,5-8H2,1-4H3. The van der Waals surface area contributed by atoms with E-state index in [9.17, 15) is 0 Å². The number of nitrogens with zero attached hydrogens (tertiary/aromatic N) is 2. The van der Waals surface area contributed by atoms with E-state index in [2.05, 4.69) is 37.1 Å². The van der Waals surface area contributed by atoms with Crippen molar-refractivity contribution in [3.8, 4) is 0 Å². The van der Waals surface area contributed by atoms with Crippen molar-refractivity contribution in [2.24, 2.45) is 0 Å². The van der Waals surface area contributed by atoms with Crippen LogP contribution < -0.4 is 5.32 Å². The molecule has 3 nitrogen and oxygen atoms in total. The molecule has 0 spiro atoms. The van der Waals surface area contributed by atoms with Crippen LogP contribution in [0, 0.1) is 6.92 Å². The fourth-order valence-electron chi connectivity index (χ4n) is 2.41. The predicted octanol–water partition coefficient (Wildman–Crippen LogP) is 2.90. The Morgan fingerprint density at radius 1 is 1.24 bits per heavy atom. The summed E-state index contributed by atoms with van der Waals surface area (Å²) in [5.74, 6) is 1.57. The number of hydrogen-bond donors (Lipinski definition) is 1. The maximum absolute atomic E-state index is 4.78. The summed E-state index contributed by atoms with van der Waals surface area (Å²) in [6, 6.07) is 2.16. The molecule has 0 radical (unpaired) electrons. The van der Waals surface area contributed by atoms with Crippen LogP contribution in [0.1, 0.15) is 62.7 Å². The van der Waals surface area contributed by atoms with Gasteiger partial charge in [-0.2, -0.15) is 0 Å². The Bertz CT molecular complexity index is 392. The summed E-state index contributed by atoms with van der Waals surface area (Å²) in [5.41, 5.74) is 2.17. The molecular formula is C14H23N3. The molecule has 0 aromatic carbocycles. The molecule has 1 aromatic heterocycles. The molecule has 94 valence electrons. The predicted molar refractivity (Wildman–Crippen MR) is 70.1 cm³/mol. The van der Waals surface area contributed by atoms with E-state index in [0.29, 0.717) is 5.92 Å². The second-order valence-corrected chi connectivity index (χ2v) is 5.61. The van der Waals surface area contributed by atoms with Crippen LogP contribution in [0.2, 0.25) is 0 Å². The number of rotatable bonds is 3. The molecule has 0 aliphatic heterocycles. The average Bonchev–Trinajstić information content (AvgIpc) is 2.81. The lowest BCUT2D eigenvalue weighted by molar-refractivity contribution is 0.412. The van der Waals surface area contributed by atoms with E-state index >= 15 is 0 Å². The molecule has 1 fully saturated rings. The molecule has 0 atom stereocenters. The highest BCUT2D eigenvalue weighted by Gasteiger charge is 2.25. The first-order valence-corrected chi connectivity index (χ1v) is 6.58. The fraction of sp³-hybridized carbons (Fsp3) is 0.714. The van der Waals surface area contributed by atoms with Crippen molar-refractivity contribution >= 4 is 0 Å². The highest BCUT2D eigenvalue weighted by atomic mass is 15.0. The molecule has 0 unspecified atom stereocenters. The molecule has 0 bridgehead atoms. The van der Waals surface area contributed by atoms with Gasteiger partial charge in [0.05, 0.1) is 5.54 Å². The van der Waals surface area contributed by atoms with Crippen molar-refractivity contribution < 1.29 is 0 Å². The topological polar surface area (TPSA) is 37.8 Å². The average molecular weight is 233 g/mol. The molecular weight excluding hydrogens is 210 g/mol. The molecule has 1 saturated carbocycles. The van der Waals surface area contributed by atoms with Crippen molar-refractivity contribution in [1.29, 1.82) is 0 Å². The van der Waals surface area contributed by atoms with Crippen molar-refractivity contribution in [2.75, 3.05) is 7.05 Å². The number of nitrogens with one attached hydrogen (secondary N) is 1. The smallest absolute Gasteiger partial charge is 0.148 e. The Balaban J connectivity index is 2.35. The first kappa shape index (κ1) is 12.5. The van der Waals surface area contributed by atoms with E-state index in [0.717, 1.165) is 11.5 Å². The molecule has 0 saturated heterocycles. The summed E-state index contributed by atoms with van der Waals surface area (Å²) in [5, 5.41) is 3.28. The lowest BCUT2D eigenvalue weighted by Crippen LogP contribution is -2.35. The third-order valence-electron chi connectivity index (χ3n) is 3.83. The van der Waals surface area contributed by atoms with Gasteiger partial charge in [-0.1, -0.05) is 12.8 Å². The van der Waals surface area contributed by atoms with E-state index in [-0.39, 0.29) is 5.54 Å². The number of aromatic nitrogens is 2. The maximum atomic E-state index is 4.78. The van der Waals surface area contributed by atoms with Crippen LogP contribution in [0.25, 0.3) is 0 Å². The minimum absolute atomic E-state index is 0.153. The summed E-state index contributed by atoms with van der Waals surface area (Å²) >= 11 is 0. The number of aryl methyl sites for hydroxylation is 1. The normalized spacial score (nSPS) is 17.6. The van der Waals surface area contributed by atoms with E-state index in [1.165, 1.54) is 31.4 Å². The summed E-state index contributed by atoms with van der Waals surface area (Å²) in [6.07, 6.45) is 5.27. The summed E-state index contributed by atoms with van der Waals surface area (Å²) < 4.78 is 0. The van der Waals surface area contributed by atoms with Crippen molar-refractivity contribution in [1.82, 2.24) is 15.3 Å².